The van der Waals surface area contributed by atoms with Crippen LogP contribution in [-0.4, -0.2) is 43.6 Å². The summed E-state index contributed by atoms with van der Waals surface area (Å²) < 4.78 is 6.48. The monoisotopic (exact) mass is 595 g/mol. The second-order valence-electron chi connectivity index (χ2n) is 12.5. The molecule has 1 saturated carbocycles. The number of carbonyl (C=O) groups excluding carboxylic acids is 1. The molecule has 1 aliphatic heterocycles. The zero-order chi connectivity index (χ0) is 30.7. The number of likely N-dealkylation sites (tertiary alicyclic amines) is 1. The van der Waals surface area contributed by atoms with Crippen molar-refractivity contribution in [2.45, 2.75) is 84.6 Å². The van der Waals surface area contributed by atoms with E-state index in [0.29, 0.717) is 35.5 Å². The van der Waals surface area contributed by atoms with Gasteiger partial charge in [-0.1, -0.05) is 79.9 Å². The van der Waals surface area contributed by atoms with Crippen molar-refractivity contribution in [1.82, 2.24) is 24.6 Å². The normalized spacial score (nSPS) is 16.1. The van der Waals surface area contributed by atoms with Crippen LogP contribution in [-0.2, 0) is 24.2 Å². The van der Waals surface area contributed by atoms with Crippen molar-refractivity contribution < 1.29 is 9.32 Å². The van der Waals surface area contributed by atoms with Gasteiger partial charge in [-0.05, 0) is 61.1 Å². The number of aryl methyl sites for hydroxylation is 2. The Labute approximate surface area is 257 Å². The molecular formula is C35H41N5O4. The molecule has 9 heteroatoms. The van der Waals surface area contributed by atoms with Crippen LogP contribution in [0.4, 0.5) is 0 Å². The second-order valence-corrected chi connectivity index (χ2v) is 12.5. The van der Waals surface area contributed by atoms with Gasteiger partial charge in [0.05, 0.1) is 13.0 Å². The van der Waals surface area contributed by atoms with E-state index in [1.165, 1.54) is 25.7 Å². The smallest absolute Gasteiger partial charge is 0.342 e. The van der Waals surface area contributed by atoms with Crippen molar-refractivity contribution >= 4 is 5.91 Å². The summed E-state index contributed by atoms with van der Waals surface area (Å²) in [6.45, 7) is 5.94. The van der Waals surface area contributed by atoms with E-state index in [1.54, 1.807) is 4.57 Å². The highest BCUT2D eigenvalue weighted by molar-refractivity contribution is 5.80. The number of amides is 1. The third-order valence-corrected chi connectivity index (χ3v) is 9.70. The molecule has 1 aliphatic carbocycles. The maximum atomic E-state index is 14.0. The van der Waals surface area contributed by atoms with Crippen molar-refractivity contribution in [2.24, 2.45) is 5.41 Å². The van der Waals surface area contributed by atoms with Crippen LogP contribution in [0.5, 0.6) is 0 Å². The predicted molar refractivity (Wildman–Crippen MR) is 169 cm³/mol. The third-order valence-electron chi connectivity index (χ3n) is 9.70. The molecule has 0 unspecified atom stereocenters. The molecule has 6 rings (SSSR count). The van der Waals surface area contributed by atoms with Gasteiger partial charge >= 0.3 is 5.76 Å². The molecule has 1 amide bonds. The Morgan fingerprint density at radius 2 is 1.68 bits per heavy atom. The fraction of sp³-hybridized carbons (Fsp3) is 0.457. The number of H-pyrrole nitrogens is 1. The molecule has 1 N–H and O–H groups in total. The van der Waals surface area contributed by atoms with Crippen LogP contribution in [0.2, 0.25) is 0 Å². The molecule has 2 fully saturated rings. The zero-order valence-electron chi connectivity index (χ0n) is 25.7. The summed E-state index contributed by atoms with van der Waals surface area (Å²) in [4.78, 5) is 48.4. The summed E-state index contributed by atoms with van der Waals surface area (Å²) in [5.74, 6) is 0.563. The number of benzene rings is 2. The highest BCUT2D eigenvalue weighted by Gasteiger charge is 2.38. The van der Waals surface area contributed by atoms with Crippen molar-refractivity contribution in [1.29, 1.82) is 0 Å². The van der Waals surface area contributed by atoms with Gasteiger partial charge in [0.1, 0.15) is 5.82 Å². The number of carbonyl (C=O) groups is 1. The van der Waals surface area contributed by atoms with Crippen LogP contribution in [0, 0.1) is 12.3 Å². The van der Waals surface area contributed by atoms with E-state index in [1.807, 2.05) is 60.4 Å². The third kappa shape index (κ3) is 6.18. The van der Waals surface area contributed by atoms with Crippen molar-refractivity contribution in [2.75, 3.05) is 13.1 Å². The molecule has 2 aromatic carbocycles. The highest BCUT2D eigenvalue weighted by Crippen LogP contribution is 2.46. The first kappa shape index (κ1) is 29.8. The molecule has 2 aliphatic rings. The number of aromatic amines is 1. The van der Waals surface area contributed by atoms with Gasteiger partial charge in [-0.15, -0.1) is 0 Å². The van der Waals surface area contributed by atoms with Gasteiger partial charge in [-0.3, -0.25) is 23.7 Å². The Morgan fingerprint density at radius 3 is 2.34 bits per heavy atom. The standard InChI is InChI=1S/C35H41N5O4/c1-3-4-11-30-36-24(2)29(22-31(41)39-20-18-35(19-21-39)16-7-8-17-35)33(42)40(30)23-25-12-14-26(15-13-25)27-9-5-6-10-28(27)32-37-34(43)44-38-32/h5-6,9-10,12-15H,3-4,7-8,11,16-23H2,1-2H3,(H,37,38,43). The first-order valence-electron chi connectivity index (χ1n) is 16.0. The second kappa shape index (κ2) is 12.8. The minimum Gasteiger partial charge on any atom is -0.342 e. The zero-order valence-corrected chi connectivity index (χ0v) is 25.7. The Morgan fingerprint density at radius 1 is 0.977 bits per heavy atom. The van der Waals surface area contributed by atoms with Crippen LogP contribution >= 0.6 is 0 Å². The number of piperidine rings is 1. The van der Waals surface area contributed by atoms with Crippen molar-refractivity contribution in [3.63, 3.8) is 0 Å². The predicted octanol–water partition coefficient (Wildman–Crippen LogP) is 5.68. The SMILES string of the molecule is CCCCc1nc(C)c(CC(=O)N2CCC3(CCCC3)CC2)c(=O)n1Cc1ccc(-c2ccccc2-c2noc(=O)[nH]2)cc1. The van der Waals surface area contributed by atoms with Crippen LogP contribution in [0.25, 0.3) is 22.5 Å². The molecule has 2 aromatic heterocycles. The molecule has 0 bridgehead atoms. The first-order valence-corrected chi connectivity index (χ1v) is 16.0. The van der Waals surface area contributed by atoms with Crippen LogP contribution in [0.15, 0.2) is 62.6 Å². The molecule has 1 saturated heterocycles. The van der Waals surface area contributed by atoms with Crippen molar-refractivity contribution in [3.05, 3.63) is 92.1 Å². The largest absolute Gasteiger partial charge is 0.439 e. The molecule has 0 atom stereocenters. The number of unbranched alkanes of at least 4 members (excludes halogenated alkanes) is 1. The summed E-state index contributed by atoms with van der Waals surface area (Å²) in [6, 6.07) is 15.7. The summed E-state index contributed by atoms with van der Waals surface area (Å²) in [5.41, 5.74) is 5.05. The van der Waals surface area contributed by atoms with E-state index < -0.39 is 5.76 Å². The molecule has 3 heterocycles. The van der Waals surface area contributed by atoms with Gasteiger partial charge < -0.3 is 4.90 Å². The van der Waals surface area contributed by atoms with E-state index in [2.05, 4.69) is 17.1 Å². The molecule has 0 radical (unpaired) electrons. The molecule has 4 aromatic rings. The van der Waals surface area contributed by atoms with Crippen LogP contribution in [0.1, 0.15) is 80.9 Å². The Hall–Kier alpha value is -4.27. The first-order chi connectivity index (χ1) is 21.4. The Balaban J connectivity index is 1.24. The quantitative estimate of drug-likeness (QED) is 0.266. The number of hydrogen-bond acceptors (Lipinski definition) is 6. The van der Waals surface area contributed by atoms with Gasteiger partial charge in [0.2, 0.25) is 5.91 Å². The highest BCUT2D eigenvalue weighted by atomic mass is 16.5. The van der Waals surface area contributed by atoms with Crippen molar-refractivity contribution in [3.8, 4) is 22.5 Å². The lowest BCUT2D eigenvalue weighted by molar-refractivity contribution is -0.132. The average molecular weight is 596 g/mol. The maximum absolute atomic E-state index is 14.0. The Kier molecular flexibility index (Phi) is 8.64. The minimum absolute atomic E-state index is 0.0316. The van der Waals surface area contributed by atoms with Crippen LogP contribution in [0.3, 0.4) is 0 Å². The van der Waals surface area contributed by atoms with E-state index >= 15 is 0 Å². The number of hydrogen-bond donors (Lipinski definition) is 1. The summed E-state index contributed by atoms with van der Waals surface area (Å²) in [5, 5.41) is 3.86. The number of aromatic nitrogens is 4. The lowest BCUT2D eigenvalue weighted by Crippen LogP contribution is -2.43. The van der Waals surface area contributed by atoms with Gasteiger partial charge in [-0.2, -0.15) is 0 Å². The van der Waals surface area contributed by atoms with E-state index in [4.69, 9.17) is 9.51 Å². The fourth-order valence-corrected chi connectivity index (χ4v) is 7.03. The maximum Gasteiger partial charge on any atom is 0.439 e. The van der Waals surface area contributed by atoms with E-state index in [0.717, 1.165) is 66.9 Å². The number of nitrogens with one attached hydrogen (secondary N) is 1. The van der Waals surface area contributed by atoms with E-state index in [9.17, 15) is 14.4 Å². The molecule has 9 nitrogen and oxygen atoms in total. The number of rotatable bonds is 9. The van der Waals surface area contributed by atoms with Gasteiger partial charge in [0.25, 0.3) is 5.56 Å². The molecule has 44 heavy (non-hydrogen) atoms. The fourth-order valence-electron chi connectivity index (χ4n) is 7.03. The average Bonchev–Trinajstić information content (AvgIpc) is 3.69. The van der Waals surface area contributed by atoms with Gasteiger partial charge in [-0.25, -0.2) is 9.78 Å². The summed E-state index contributed by atoms with van der Waals surface area (Å²) >= 11 is 0. The Bertz CT molecular complexity index is 1730. The lowest BCUT2D eigenvalue weighted by atomic mass is 9.77. The molecular weight excluding hydrogens is 554 g/mol. The van der Waals surface area contributed by atoms with Gasteiger partial charge in [0, 0.05) is 36.3 Å². The minimum atomic E-state index is -0.601. The lowest BCUT2D eigenvalue weighted by Gasteiger charge is -2.39. The van der Waals surface area contributed by atoms with Gasteiger partial charge in [0.15, 0.2) is 5.82 Å². The number of nitrogens with zero attached hydrogens (tertiary/aromatic N) is 4. The van der Waals surface area contributed by atoms with E-state index in [-0.39, 0.29) is 17.9 Å². The molecule has 230 valence electrons. The topological polar surface area (TPSA) is 114 Å². The van der Waals surface area contributed by atoms with Crippen LogP contribution < -0.4 is 11.3 Å². The summed E-state index contributed by atoms with van der Waals surface area (Å²) in [6.07, 6.45) is 10.1. The summed E-state index contributed by atoms with van der Waals surface area (Å²) in [7, 11) is 0. The molecule has 1 spiro atoms.